The Morgan fingerprint density at radius 2 is 1.84 bits per heavy atom. The van der Waals surface area contributed by atoms with Crippen LogP contribution in [0.1, 0.15) is 60.8 Å². The van der Waals surface area contributed by atoms with E-state index in [1.165, 1.54) is 4.90 Å². The lowest BCUT2D eigenvalue weighted by molar-refractivity contribution is -0.145. The summed E-state index contributed by atoms with van der Waals surface area (Å²) in [5, 5.41) is 19.4. The predicted octanol–water partition coefficient (Wildman–Crippen LogP) is 2.34. The smallest absolute Gasteiger partial charge is 0.290 e. The summed E-state index contributed by atoms with van der Waals surface area (Å²) in [4.78, 5) is 38.9. The van der Waals surface area contributed by atoms with Gasteiger partial charge in [0.05, 0.1) is 11.6 Å². The Balaban J connectivity index is 3.40. The fraction of sp³-hybridized carbons (Fsp3) is 0.722. The van der Waals surface area contributed by atoms with E-state index in [1.54, 1.807) is 26.3 Å². The summed E-state index contributed by atoms with van der Waals surface area (Å²) >= 11 is 0. The van der Waals surface area contributed by atoms with E-state index < -0.39 is 35.1 Å². The minimum Gasteiger partial charge on any atom is -0.503 e. The molecule has 1 aliphatic heterocycles. The number of nitrogens with zero attached hydrogens (tertiary/aromatic N) is 1. The average Bonchev–Trinajstić information content (AvgIpc) is 2.78. The van der Waals surface area contributed by atoms with Gasteiger partial charge in [-0.05, 0) is 12.3 Å². The number of carbonyl (C=O) groups is 3. The van der Waals surface area contributed by atoms with E-state index >= 15 is 0 Å². The normalized spacial score (nSPS) is 19.6. The van der Waals surface area contributed by atoms with Crippen molar-refractivity contribution < 1.29 is 24.7 Å². The number of nitrogens with one attached hydrogen (secondary N) is 1. The number of hydrogen-bond acceptors (Lipinski definition) is 5. The van der Waals surface area contributed by atoms with Crippen LogP contribution in [-0.2, 0) is 14.4 Å². The lowest BCUT2D eigenvalue weighted by atomic mass is 9.81. The van der Waals surface area contributed by atoms with E-state index in [9.17, 15) is 19.5 Å². The van der Waals surface area contributed by atoms with Crippen molar-refractivity contribution in [3.8, 4) is 0 Å². The molecule has 1 aliphatic rings. The van der Waals surface area contributed by atoms with Gasteiger partial charge in [0, 0.05) is 5.41 Å². The van der Waals surface area contributed by atoms with E-state index in [2.05, 4.69) is 0 Å². The third kappa shape index (κ3) is 4.21. The zero-order chi connectivity index (χ0) is 19.5. The molecule has 0 bridgehead atoms. The van der Waals surface area contributed by atoms with Crippen LogP contribution in [0, 0.1) is 11.3 Å². The van der Waals surface area contributed by atoms with E-state index in [0.29, 0.717) is 12.8 Å². The third-order valence-corrected chi connectivity index (χ3v) is 4.42. The summed E-state index contributed by atoms with van der Waals surface area (Å²) in [6, 6.07) is -1.66. The monoisotopic (exact) mass is 354 g/mol. The molecule has 0 radical (unpaired) electrons. The van der Waals surface area contributed by atoms with Crippen molar-refractivity contribution in [1.82, 2.24) is 10.4 Å². The van der Waals surface area contributed by atoms with Gasteiger partial charge in [-0.2, -0.15) is 0 Å². The maximum atomic E-state index is 12.8. The number of Topliss-reactive ketones (excluding diaryl/α,β-unsaturated/α-hetero) is 1. The van der Waals surface area contributed by atoms with Crippen LogP contribution in [0.15, 0.2) is 11.3 Å². The molecule has 0 aromatic rings. The number of aliphatic hydroxyl groups is 1. The summed E-state index contributed by atoms with van der Waals surface area (Å²) in [5.41, 5.74) is 0.885. The first-order chi connectivity index (χ1) is 11.5. The minimum absolute atomic E-state index is 0.0553. The van der Waals surface area contributed by atoms with Crippen LogP contribution >= 0.6 is 0 Å². The molecular weight excluding hydrogens is 324 g/mol. The molecule has 0 aliphatic carbocycles. The second kappa shape index (κ2) is 7.99. The molecule has 142 valence electrons. The summed E-state index contributed by atoms with van der Waals surface area (Å²) in [6.45, 7) is 10.8. The van der Waals surface area contributed by atoms with Crippen molar-refractivity contribution in [3.05, 3.63) is 11.3 Å². The van der Waals surface area contributed by atoms with Gasteiger partial charge in [0.25, 0.3) is 11.8 Å². The first-order valence-corrected chi connectivity index (χ1v) is 8.73. The van der Waals surface area contributed by atoms with Crippen LogP contribution in [-0.4, -0.2) is 44.9 Å². The Hall–Kier alpha value is -1.89. The molecule has 0 fully saturated rings. The number of ketones is 1. The van der Waals surface area contributed by atoms with Crippen molar-refractivity contribution in [2.75, 3.05) is 0 Å². The zero-order valence-corrected chi connectivity index (χ0v) is 15.9. The number of amides is 2. The number of rotatable bonds is 7. The maximum Gasteiger partial charge on any atom is 0.290 e. The van der Waals surface area contributed by atoms with Gasteiger partial charge in [-0.1, -0.05) is 54.4 Å². The van der Waals surface area contributed by atoms with Crippen molar-refractivity contribution in [3.63, 3.8) is 0 Å². The number of carbonyl (C=O) groups excluding carboxylic acids is 3. The molecule has 0 saturated heterocycles. The van der Waals surface area contributed by atoms with Crippen LogP contribution < -0.4 is 5.48 Å². The molecule has 2 unspecified atom stereocenters. The fourth-order valence-corrected chi connectivity index (χ4v) is 3.15. The second-order valence-corrected chi connectivity index (χ2v) is 7.88. The average molecular weight is 354 g/mol. The first kappa shape index (κ1) is 21.2. The molecule has 1 rings (SSSR count). The van der Waals surface area contributed by atoms with Gasteiger partial charge in [0.1, 0.15) is 6.04 Å². The second-order valence-electron chi connectivity index (χ2n) is 7.88. The van der Waals surface area contributed by atoms with Gasteiger partial charge in [-0.25, -0.2) is 5.48 Å². The summed E-state index contributed by atoms with van der Waals surface area (Å²) in [7, 11) is 0. The molecular formula is C18H30N2O5. The highest BCUT2D eigenvalue weighted by Crippen LogP contribution is 2.37. The van der Waals surface area contributed by atoms with E-state index in [-0.39, 0.29) is 17.3 Å². The molecule has 2 atom stereocenters. The molecule has 0 saturated carbocycles. The van der Waals surface area contributed by atoms with Crippen molar-refractivity contribution in [2.45, 2.75) is 72.9 Å². The molecule has 25 heavy (non-hydrogen) atoms. The fourth-order valence-electron chi connectivity index (χ4n) is 3.15. The van der Waals surface area contributed by atoms with E-state index in [1.807, 2.05) is 20.8 Å². The first-order valence-electron chi connectivity index (χ1n) is 8.73. The highest BCUT2D eigenvalue weighted by molar-refractivity contribution is 6.11. The quantitative estimate of drug-likeness (QED) is 0.480. The van der Waals surface area contributed by atoms with Gasteiger partial charge < -0.3 is 10.0 Å². The minimum atomic E-state index is -0.947. The van der Waals surface area contributed by atoms with E-state index in [0.717, 1.165) is 6.42 Å². The Morgan fingerprint density at radius 3 is 2.24 bits per heavy atom. The third-order valence-electron chi connectivity index (χ3n) is 4.42. The number of hydrogen-bond donors (Lipinski definition) is 3. The van der Waals surface area contributed by atoms with E-state index in [4.69, 9.17) is 5.21 Å². The standard InChI is InChI=1S/C18H30N2O5/c1-7-8-9-11(16(23)19-25)20-13(10(2)3)12(14(21)17(20)24)15(22)18(4,5)6/h10-11,13,21,25H,7-9H2,1-6H3,(H,19,23). The van der Waals surface area contributed by atoms with Gasteiger partial charge in [-0.3, -0.25) is 19.6 Å². The SMILES string of the molecule is CCCCC(C(=O)NO)N1C(=O)C(O)=C(C(=O)C(C)(C)C)C1C(C)C. The van der Waals surface area contributed by atoms with Crippen LogP contribution in [0.2, 0.25) is 0 Å². The zero-order valence-electron chi connectivity index (χ0n) is 15.9. The Kier molecular flexibility index (Phi) is 6.76. The topological polar surface area (TPSA) is 107 Å². The molecule has 0 aromatic carbocycles. The Bertz CT molecular complexity index is 575. The lowest BCUT2D eigenvalue weighted by Crippen LogP contribution is -2.53. The van der Waals surface area contributed by atoms with Crippen LogP contribution in [0.25, 0.3) is 0 Å². The van der Waals surface area contributed by atoms with Gasteiger partial charge in [0.2, 0.25) is 0 Å². The molecule has 7 nitrogen and oxygen atoms in total. The van der Waals surface area contributed by atoms with Gasteiger partial charge in [0.15, 0.2) is 11.5 Å². The number of aliphatic hydroxyl groups excluding tert-OH is 1. The molecule has 0 aromatic heterocycles. The highest BCUT2D eigenvalue weighted by atomic mass is 16.5. The molecule has 7 heteroatoms. The lowest BCUT2D eigenvalue weighted by Gasteiger charge is -2.35. The van der Waals surface area contributed by atoms with Gasteiger partial charge >= 0.3 is 0 Å². The number of unbranched alkanes of at least 4 members (excludes halogenated alkanes) is 1. The molecule has 1 heterocycles. The summed E-state index contributed by atoms with van der Waals surface area (Å²) in [6.07, 6.45) is 1.80. The van der Waals surface area contributed by atoms with Crippen LogP contribution in [0.3, 0.4) is 0 Å². The van der Waals surface area contributed by atoms with Crippen LogP contribution in [0.5, 0.6) is 0 Å². The van der Waals surface area contributed by atoms with Crippen molar-refractivity contribution in [1.29, 1.82) is 0 Å². The summed E-state index contributed by atoms with van der Waals surface area (Å²) < 4.78 is 0. The summed E-state index contributed by atoms with van der Waals surface area (Å²) in [5.74, 6) is -2.56. The Morgan fingerprint density at radius 1 is 1.28 bits per heavy atom. The number of hydroxylamine groups is 1. The predicted molar refractivity (Wildman–Crippen MR) is 92.8 cm³/mol. The highest BCUT2D eigenvalue weighted by Gasteiger charge is 2.50. The Labute approximate surface area is 149 Å². The maximum absolute atomic E-state index is 12.8. The van der Waals surface area contributed by atoms with Crippen molar-refractivity contribution >= 4 is 17.6 Å². The molecule has 2 amide bonds. The molecule has 0 spiro atoms. The van der Waals surface area contributed by atoms with Crippen molar-refractivity contribution in [2.24, 2.45) is 11.3 Å². The van der Waals surface area contributed by atoms with Gasteiger partial charge in [-0.15, -0.1) is 0 Å². The van der Waals surface area contributed by atoms with Crippen LogP contribution in [0.4, 0.5) is 0 Å². The largest absolute Gasteiger partial charge is 0.503 e. The molecule has 3 N–H and O–H groups in total.